The number of nitrogens with zero attached hydrogens (tertiary/aromatic N) is 1. The molecule has 128 valence electrons. The normalized spacial score (nSPS) is 10.3. The Balaban J connectivity index is 0. The van der Waals surface area contributed by atoms with E-state index in [-0.39, 0.29) is 0 Å². The molecule has 0 aliphatic heterocycles. The van der Waals surface area contributed by atoms with Gasteiger partial charge in [0, 0.05) is 27.1 Å². The monoisotopic (exact) mass is 302 g/mol. The topological polar surface area (TPSA) is 52.6 Å². The van der Waals surface area contributed by atoms with Gasteiger partial charge in [0.25, 0.3) is 0 Å². The first-order valence-corrected chi connectivity index (χ1v) is 8.67. The number of carbonyl (C=O) groups is 1. The molecule has 0 rings (SSSR count). The number of hydrazine groups is 1. The Morgan fingerprint density at radius 3 is 1.67 bits per heavy atom. The van der Waals surface area contributed by atoms with Crippen LogP contribution >= 0.6 is 0 Å². The zero-order chi connectivity index (χ0) is 16.3. The molecule has 0 saturated heterocycles. The minimum absolute atomic E-state index is 0.343. The van der Waals surface area contributed by atoms with Crippen LogP contribution in [-0.4, -0.2) is 36.7 Å². The second-order valence-electron chi connectivity index (χ2n) is 5.77. The summed E-state index contributed by atoms with van der Waals surface area (Å²) in [6.07, 6.45) is 12.7. The van der Waals surface area contributed by atoms with E-state index in [4.69, 9.17) is 5.11 Å². The van der Waals surface area contributed by atoms with Gasteiger partial charge in [0.1, 0.15) is 0 Å². The molecule has 4 nitrogen and oxygen atoms in total. The predicted molar refractivity (Wildman–Crippen MR) is 91.5 cm³/mol. The van der Waals surface area contributed by atoms with Gasteiger partial charge in [-0.3, -0.25) is 15.2 Å². The highest BCUT2D eigenvalue weighted by molar-refractivity contribution is 5.66. The number of hydrogen-bond acceptors (Lipinski definition) is 3. The Morgan fingerprint density at radius 1 is 0.857 bits per heavy atom. The van der Waals surface area contributed by atoms with Gasteiger partial charge >= 0.3 is 5.97 Å². The Bertz CT molecular complexity index is 209. The van der Waals surface area contributed by atoms with Crippen molar-refractivity contribution >= 4 is 5.97 Å². The summed E-state index contributed by atoms with van der Waals surface area (Å²) in [6, 6.07) is 0. The van der Waals surface area contributed by atoms with Crippen molar-refractivity contribution in [3.63, 3.8) is 0 Å². The van der Waals surface area contributed by atoms with Gasteiger partial charge in [-0.1, -0.05) is 65.2 Å². The summed E-state index contributed by atoms with van der Waals surface area (Å²) < 4.78 is 0. The minimum atomic E-state index is -0.659. The fraction of sp³-hybridized carbons (Fsp3) is 0.941. The van der Waals surface area contributed by atoms with E-state index in [1.54, 1.807) is 0 Å². The van der Waals surface area contributed by atoms with E-state index >= 15 is 0 Å². The van der Waals surface area contributed by atoms with E-state index in [0.29, 0.717) is 6.42 Å². The van der Waals surface area contributed by atoms with Crippen LogP contribution in [-0.2, 0) is 4.79 Å². The third-order valence-electron chi connectivity index (χ3n) is 3.17. The second-order valence-corrected chi connectivity index (χ2v) is 5.77. The van der Waals surface area contributed by atoms with Gasteiger partial charge in [-0.05, 0) is 12.8 Å². The average molecular weight is 303 g/mol. The third kappa shape index (κ3) is 28.3. The lowest BCUT2D eigenvalue weighted by molar-refractivity contribution is -0.137. The van der Waals surface area contributed by atoms with Crippen LogP contribution in [0.1, 0.15) is 84.5 Å². The van der Waals surface area contributed by atoms with Crippen LogP contribution in [0.3, 0.4) is 0 Å². The van der Waals surface area contributed by atoms with Crippen molar-refractivity contribution in [1.82, 2.24) is 10.4 Å². The number of nitrogens with one attached hydrogen (secondary N) is 1. The van der Waals surface area contributed by atoms with E-state index < -0.39 is 5.97 Å². The summed E-state index contributed by atoms with van der Waals surface area (Å²) in [5.74, 6) is -0.659. The first-order chi connectivity index (χ1) is 10.0. The molecule has 0 amide bonds. The number of carboxylic acid groups (broad SMARTS) is 1. The molecule has 0 heterocycles. The lowest BCUT2D eigenvalue weighted by atomic mass is 10.1. The standard InChI is InChI=1S/C12H24O2.C5H14N2/c1-2-3-4-5-6-7-8-9-10-11-12(13)14;1-4-5-6-7(2)3/h2-11H2,1H3,(H,13,14);6H,4-5H2,1-3H3. The summed E-state index contributed by atoms with van der Waals surface area (Å²) in [5, 5.41) is 10.4. The van der Waals surface area contributed by atoms with Crippen molar-refractivity contribution < 1.29 is 9.90 Å². The summed E-state index contributed by atoms with van der Waals surface area (Å²) in [6.45, 7) is 5.45. The van der Waals surface area contributed by atoms with Crippen LogP contribution in [0.2, 0.25) is 0 Å². The van der Waals surface area contributed by atoms with E-state index in [2.05, 4.69) is 19.3 Å². The molecule has 0 bridgehead atoms. The van der Waals surface area contributed by atoms with Crippen LogP contribution in [0.5, 0.6) is 0 Å². The van der Waals surface area contributed by atoms with Gasteiger partial charge in [0.05, 0.1) is 0 Å². The summed E-state index contributed by atoms with van der Waals surface area (Å²) in [7, 11) is 3.99. The molecule has 0 atom stereocenters. The maximum absolute atomic E-state index is 10.2. The molecule has 2 N–H and O–H groups in total. The van der Waals surface area contributed by atoms with Crippen LogP contribution in [0.4, 0.5) is 0 Å². The van der Waals surface area contributed by atoms with Crippen LogP contribution in [0.15, 0.2) is 0 Å². The van der Waals surface area contributed by atoms with Gasteiger partial charge < -0.3 is 5.11 Å². The number of hydrogen-bond donors (Lipinski definition) is 2. The number of carboxylic acids is 1. The van der Waals surface area contributed by atoms with Crippen molar-refractivity contribution in [2.75, 3.05) is 20.6 Å². The minimum Gasteiger partial charge on any atom is -0.481 e. The smallest absolute Gasteiger partial charge is 0.303 e. The molecule has 0 aromatic carbocycles. The van der Waals surface area contributed by atoms with Crippen molar-refractivity contribution in [3.05, 3.63) is 0 Å². The maximum Gasteiger partial charge on any atom is 0.303 e. The Morgan fingerprint density at radius 2 is 1.33 bits per heavy atom. The van der Waals surface area contributed by atoms with Crippen molar-refractivity contribution in [1.29, 1.82) is 0 Å². The molecule has 0 aromatic rings. The summed E-state index contributed by atoms with van der Waals surface area (Å²) in [5.41, 5.74) is 3.13. The van der Waals surface area contributed by atoms with E-state index in [1.807, 2.05) is 19.1 Å². The molecule has 0 radical (unpaired) electrons. The highest BCUT2D eigenvalue weighted by Gasteiger charge is 1.96. The molecule has 4 heteroatoms. The van der Waals surface area contributed by atoms with Gasteiger partial charge in [-0.25, -0.2) is 0 Å². The molecule has 0 saturated carbocycles. The number of unbranched alkanes of at least 4 members (excludes halogenated alkanes) is 8. The third-order valence-corrected chi connectivity index (χ3v) is 3.17. The lowest BCUT2D eigenvalue weighted by Gasteiger charge is -2.08. The van der Waals surface area contributed by atoms with Gasteiger partial charge in [-0.15, -0.1) is 0 Å². The first-order valence-electron chi connectivity index (χ1n) is 8.67. The quantitative estimate of drug-likeness (QED) is 0.390. The second kappa shape index (κ2) is 19.4. The molecular weight excluding hydrogens is 264 g/mol. The first kappa shape index (κ1) is 22.7. The van der Waals surface area contributed by atoms with Crippen molar-refractivity contribution in [3.8, 4) is 0 Å². The predicted octanol–water partition coefficient (Wildman–Crippen LogP) is 4.45. The van der Waals surface area contributed by atoms with E-state index in [1.165, 1.54) is 51.4 Å². The molecule has 0 unspecified atom stereocenters. The summed E-state index contributed by atoms with van der Waals surface area (Å²) >= 11 is 0. The SMILES string of the molecule is CCCCCCCCCCCC(=O)O.CCCNN(C)C. The number of aliphatic carboxylic acids is 1. The molecule has 0 spiro atoms. The number of rotatable bonds is 13. The van der Waals surface area contributed by atoms with Gasteiger partial charge in [0.15, 0.2) is 0 Å². The zero-order valence-electron chi connectivity index (χ0n) is 14.8. The largest absolute Gasteiger partial charge is 0.481 e. The van der Waals surface area contributed by atoms with Gasteiger partial charge in [-0.2, -0.15) is 0 Å². The van der Waals surface area contributed by atoms with Crippen LogP contribution in [0, 0.1) is 0 Å². The molecule has 0 aliphatic carbocycles. The molecular formula is C17H38N2O2. The molecule has 0 aliphatic rings. The Labute approximate surface area is 132 Å². The van der Waals surface area contributed by atoms with Crippen molar-refractivity contribution in [2.24, 2.45) is 0 Å². The fourth-order valence-corrected chi connectivity index (χ4v) is 1.92. The van der Waals surface area contributed by atoms with Crippen LogP contribution in [0.25, 0.3) is 0 Å². The lowest BCUT2D eigenvalue weighted by Crippen LogP contribution is -2.30. The zero-order valence-corrected chi connectivity index (χ0v) is 14.8. The highest BCUT2D eigenvalue weighted by atomic mass is 16.4. The molecule has 21 heavy (non-hydrogen) atoms. The fourth-order valence-electron chi connectivity index (χ4n) is 1.92. The molecule has 0 aromatic heterocycles. The van der Waals surface area contributed by atoms with Crippen molar-refractivity contribution in [2.45, 2.75) is 84.5 Å². The Kier molecular flexibility index (Phi) is 20.9. The van der Waals surface area contributed by atoms with E-state index in [9.17, 15) is 4.79 Å². The highest BCUT2D eigenvalue weighted by Crippen LogP contribution is 2.10. The average Bonchev–Trinajstić information content (AvgIpc) is 2.43. The summed E-state index contributed by atoms with van der Waals surface area (Å²) in [4.78, 5) is 10.2. The Hall–Kier alpha value is -0.610. The maximum atomic E-state index is 10.2. The van der Waals surface area contributed by atoms with Gasteiger partial charge in [0.2, 0.25) is 0 Å². The van der Waals surface area contributed by atoms with Crippen LogP contribution < -0.4 is 5.43 Å². The van der Waals surface area contributed by atoms with E-state index in [0.717, 1.165) is 19.4 Å². The molecule has 0 fully saturated rings.